The first-order valence-corrected chi connectivity index (χ1v) is 8.27. The minimum Gasteiger partial charge on any atom is -0.377 e. The molecule has 0 atom stereocenters. The van der Waals surface area contributed by atoms with E-state index in [1.807, 2.05) is 24.3 Å². The van der Waals surface area contributed by atoms with E-state index in [1.54, 1.807) is 0 Å². The molecule has 0 saturated heterocycles. The van der Waals surface area contributed by atoms with Crippen LogP contribution in [0.4, 0.5) is 0 Å². The molecule has 0 N–H and O–H groups in total. The van der Waals surface area contributed by atoms with Crippen molar-refractivity contribution in [1.82, 2.24) is 0 Å². The average molecular weight is 301 g/mol. The van der Waals surface area contributed by atoms with Gasteiger partial charge in [-0.2, -0.15) is 12.6 Å². The molecule has 1 aromatic rings. The van der Waals surface area contributed by atoms with Crippen molar-refractivity contribution in [3.63, 3.8) is 0 Å². The van der Waals surface area contributed by atoms with Gasteiger partial charge in [0.05, 0.1) is 6.61 Å². The monoisotopic (exact) mass is 300 g/mol. The Bertz CT molecular complexity index is 313. The Labute approximate surface area is 128 Å². The summed E-state index contributed by atoms with van der Waals surface area (Å²) in [6, 6.07) is 7.85. The summed E-state index contributed by atoms with van der Waals surface area (Å²) in [6.07, 6.45) is 9.07. The molecule has 0 heterocycles. The first kappa shape index (κ1) is 16.9. The highest BCUT2D eigenvalue weighted by molar-refractivity contribution is 7.80. The summed E-state index contributed by atoms with van der Waals surface area (Å²) in [7, 11) is 0. The quantitative estimate of drug-likeness (QED) is 0.418. The Balaban J connectivity index is 1.87. The zero-order valence-electron chi connectivity index (χ0n) is 11.6. The summed E-state index contributed by atoms with van der Waals surface area (Å²) >= 11 is 10.0. The normalized spacial score (nSPS) is 10.8. The SMILES string of the molecule is SCCCCCCCCCOCc1ccc(Cl)cc1. The molecule has 0 aromatic heterocycles. The molecule has 0 aliphatic heterocycles. The molecule has 0 bridgehead atoms. The molecule has 19 heavy (non-hydrogen) atoms. The maximum Gasteiger partial charge on any atom is 0.0716 e. The zero-order chi connectivity index (χ0) is 13.8. The lowest BCUT2D eigenvalue weighted by Gasteiger charge is -2.05. The summed E-state index contributed by atoms with van der Waals surface area (Å²) in [5.41, 5.74) is 1.19. The summed E-state index contributed by atoms with van der Waals surface area (Å²) in [5, 5.41) is 0.779. The van der Waals surface area contributed by atoms with Crippen LogP contribution in [0.3, 0.4) is 0 Å². The summed E-state index contributed by atoms with van der Waals surface area (Å²) in [6.45, 7) is 1.55. The predicted octanol–water partition coefficient (Wildman–Crippen LogP) is 5.52. The van der Waals surface area contributed by atoms with Gasteiger partial charge in [-0.1, -0.05) is 55.8 Å². The molecule has 0 radical (unpaired) electrons. The van der Waals surface area contributed by atoms with Crippen molar-refractivity contribution in [3.05, 3.63) is 34.9 Å². The van der Waals surface area contributed by atoms with Crippen LogP contribution in [0.25, 0.3) is 0 Å². The lowest BCUT2D eigenvalue weighted by atomic mass is 10.1. The van der Waals surface area contributed by atoms with E-state index in [0.717, 1.165) is 17.4 Å². The maximum absolute atomic E-state index is 5.83. The van der Waals surface area contributed by atoms with Gasteiger partial charge in [0.2, 0.25) is 0 Å². The highest BCUT2D eigenvalue weighted by Crippen LogP contribution is 2.11. The Hall–Kier alpha value is -0.180. The number of unbranched alkanes of at least 4 members (excludes halogenated alkanes) is 6. The molecule has 1 aromatic carbocycles. The molecule has 0 fully saturated rings. The standard InChI is InChI=1S/C16H25ClOS/c17-16-10-8-15(9-11-16)14-18-12-6-4-2-1-3-5-7-13-19/h8-11,19H,1-7,12-14H2. The molecular formula is C16H25ClOS. The molecule has 0 aliphatic rings. The van der Waals surface area contributed by atoms with Crippen molar-refractivity contribution in [2.75, 3.05) is 12.4 Å². The second-order valence-corrected chi connectivity index (χ2v) is 5.76. The van der Waals surface area contributed by atoms with E-state index in [0.29, 0.717) is 6.61 Å². The fraction of sp³-hybridized carbons (Fsp3) is 0.625. The minimum atomic E-state index is 0.694. The first-order valence-electron chi connectivity index (χ1n) is 7.26. The summed E-state index contributed by atoms with van der Waals surface area (Å²) < 4.78 is 5.65. The van der Waals surface area contributed by atoms with E-state index in [2.05, 4.69) is 12.6 Å². The number of benzene rings is 1. The molecule has 0 unspecified atom stereocenters. The lowest BCUT2D eigenvalue weighted by Crippen LogP contribution is -1.95. The maximum atomic E-state index is 5.83. The summed E-state index contributed by atoms with van der Waals surface area (Å²) in [5.74, 6) is 1.03. The van der Waals surface area contributed by atoms with E-state index in [-0.39, 0.29) is 0 Å². The first-order chi connectivity index (χ1) is 9.33. The highest BCUT2D eigenvalue weighted by atomic mass is 35.5. The molecule has 1 nitrogen and oxygen atoms in total. The van der Waals surface area contributed by atoms with Crippen molar-refractivity contribution in [1.29, 1.82) is 0 Å². The van der Waals surface area contributed by atoms with Crippen LogP contribution in [0.5, 0.6) is 0 Å². The van der Waals surface area contributed by atoms with Gasteiger partial charge in [0.1, 0.15) is 0 Å². The molecule has 108 valence electrons. The van der Waals surface area contributed by atoms with E-state index in [1.165, 1.54) is 50.5 Å². The van der Waals surface area contributed by atoms with E-state index in [4.69, 9.17) is 16.3 Å². The van der Waals surface area contributed by atoms with Crippen LogP contribution in [0, 0.1) is 0 Å². The van der Waals surface area contributed by atoms with Gasteiger partial charge >= 0.3 is 0 Å². The summed E-state index contributed by atoms with van der Waals surface area (Å²) in [4.78, 5) is 0. The predicted molar refractivity (Wildman–Crippen MR) is 87.3 cm³/mol. The van der Waals surface area contributed by atoms with Crippen molar-refractivity contribution >= 4 is 24.2 Å². The number of ether oxygens (including phenoxy) is 1. The second-order valence-electron chi connectivity index (χ2n) is 4.88. The Morgan fingerprint density at radius 2 is 1.42 bits per heavy atom. The van der Waals surface area contributed by atoms with Gasteiger partial charge in [-0.3, -0.25) is 0 Å². The number of rotatable bonds is 11. The number of hydrogen-bond donors (Lipinski definition) is 1. The zero-order valence-corrected chi connectivity index (χ0v) is 13.3. The van der Waals surface area contributed by atoms with Gasteiger partial charge in [0, 0.05) is 11.6 Å². The Kier molecular flexibility index (Phi) is 10.3. The smallest absolute Gasteiger partial charge is 0.0716 e. The van der Waals surface area contributed by atoms with Crippen molar-refractivity contribution in [2.24, 2.45) is 0 Å². The average Bonchev–Trinajstić information content (AvgIpc) is 2.43. The van der Waals surface area contributed by atoms with Crippen LogP contribution < -0.4 is 0 Å². The van der Waals surface area contributed by atoms with Gasteiger partial charge in [0.25, 0.3) is 0 Å². The van der Waals surface area contributed by atoms with Crippen molar-refractivity contribution in [2.45, 2.75) is 51.6 Å². The number of thiol groups is 1. The highest BCUT2D eigenvalue weighted by Gasteiger charge is 1.95. The Morgan fingerprint density at radius 1 is 0.842 bits per heavy atom. The minimum absolute atomic E-state index is 0.694. The molecule has 0 amide bonds. The van der Waals surface area contributed by atoms with Gasteiger partial charge in [-0.15, -0.1) is 0 Å². The van der Waals surface area contributed by atoms with Crippen LogP contribution in [0.1, 0.15) is 50.5 Å². The molecular weight excluding hydrogens is 276 g/mol. The number of hydrogen-bond acceptors (Lipinski definition) is 2. The van der Waals surface area contributed by atoms with Crippen LogP contribution in [0.2, 0.25) is 5.02 Å². The van der Waals surface area contributed by atoms with Gasteiger partial charge in [-0.05, 0) is 36.3 Å². The second kappa shape index (κ2) is 11.6. The molecule has 0 spiro atoms. The largest absolute Gasteiger partial charge is 0.377 e. The molecule has 0 aliphatic carbocycles. The van der Waals surface area contributed by atoms with Gasteiger partial charge in [-0.25, -0.2) is 0 Å². The van der Waals surface area contributed by atoms with E-state index >= 15 is 0 Å². The molecule has 0 saturated carbocycles. The van der Waals surface area contributed by atoms with Crippen molar-refractivity contribution in [3.8, 4) is 0 Å². The van der Waals surface area contributed by atoms with E-state index in [9.17, 15) is 0 Å². The van der Waals surface area contributed by atoms with Gasteiger partial charge in [0.15, 0.2) is 0 Å². The van der Waals surface area contributed by atoms with Crippen molar-refractivity contribution < 1.29 is 4.74 Å². The van der Waals surface area contributed by atoms with Crippen LogP contribution in [-0.2, 0) is 11.3 Å². The third kappa shape index (κ3) is 9.37. The fourth-order valence-electron chi connectivity index (χ4n) is 1.97. The van der Waals surface area contributed by atoms with Crippen LogP contribution in [-0.4, -0.2) is 12.4 Å². The topological polar surface area (TPSA) is 9.23 Å². The third-order valence-electron chi connectivity index (χ3n) is 3.13. The van der Waals surface area contributed by atoms with Crippen LogP contribution >= 0.6 is 24.2 Å². The molecule has 1 rings (SSSR count). The van der Waals surface area contributed by atoms with E-state index < -0.39 is 0 Å². The third-order valence-corrected chi connectivity index (χ3v) is 3.70. The number of halogens is 1. The Morgan fingerprint density at radius 3 is 2.05 bits per heavy atom. The molecule has 3 heteroatoms. The lowest BCUT2D eigenvalue weighted by molar-refractivity contribution is 0.116. The fourth-order valence-corrected chi connectivity index (χ4v) is 2.32. The van der Waals surface area contributed by atoms with Crippen LogP contribution in [0.15, 0.2) is 24.3 Å². The van der Waals surface area contributed by atoms with Gasteiger partial charge < -0.3 is 4.74 Å².